The fourth-order valence-corrected chi connectivity index (χ4v) is 2.06. The minimum absolute atomic E-state index is 0.188. The van der Waals surface area contributed by atoms with Gasteiger partial charge < -0.3 is 5.11 Å². The molecule has 1 atom stereocenters. The van der Waals surface area contributed by atoms with E-state index in [1.54, 1.807) is 10.9 Å². The Bertz CT molecular complexity index is 644. The first-order chi connectivity index (χ1) is 9.43. The lowest BCUT2D eigenvalue weighted by Gasteiger charge is -2.08. The summed E-state index contributed by atoms with van der Waals surface area (Å²) in [7, 11) is 0. The van der Waals surface area contributed by atoms with Crippen LogP contribution >= 0.6 is 0 Å². The van der Waals surface area contributed by atoms with Crippen LogP contribution in [0.4, 0.5) is 0 Å². The van der Waals surface area contributed by atoms with E-state index in [1.807, 2.05) is 39.0 Å². The Labute approximate surface area is 119 Å². The van der Waals surface area contributed by atoms with Crippen molar-refractivity contribution in [3.05, 3.63) is 41.1 Å². The number of aromatic carboxylic acids is 1. The van der Waals surface area contributed by atoms with Gasteiger partial charge in [0, 0.05) is 17.8 Å². The van der Waals surface area contributed by atoms with Gasteiger partial charge in [-0.05, 0) is 44.4 Å². The number of aromatic nitrogens is 2. The number of nitrogens with zero attached hydrogens (tertiary/aromatic N) is 2. The fraction of sp³-hybridized carbons (Fsp3) is 0.375. The summed E-state index contributed by atoms with van der Waals surface area (Å²) in [6.45, 7) is 8.14. The lowest BCUT2D eigenvalue weighted by molar-refractivity contribution is 0.0697. The summed E-state index contributed by atoms with van der Waals surface area (Å²) in [6, 6.07) is 6.11. The molecular weight excluding hydrogens is 252 g/mol. The average Bonchev–Trinajstić information content (AvgIpc) is 2.86. The Balaban J connectivity index is 2.56. The Hall–Kier alpha value is -2.10. The van der Waals surface area contributed by atoms with Gasteiger partial charge in [-0.3, -0.25) is 4.68 Å². The molecule has 2 aromatic rings. The highest BCUT2D eigenvalue weighted by Gasteiger charge is 2.19. The molecule has 1 unspecified atom stereocenters. The molecule has 0 spiro atoms. The Morgan fingerprint density at radius 1 is 1.35 bits per heavy atom. The quantitative estimate of drug-likeness (QED) is 0.920. The van der Waals surface area contributed by atoms with Gasteiger partial charge in [-0.2, -0.15) is 5.10 Å². The van der Waals surface area contributed by atoms with Crippen LogP contribution in [0.15, 0.2) is 24.4 Å². The minimum atomic E-state index is -0.937. The number of carboxylic acid groups (broad SMARTS) is 1. The summed E-state index contributed by atoms with van der Waals surface area (Å²) >= 11 is 0. The third-order valence-electron chi connectivity index (χ3n) is 3.79. The van der Waals surface area contributed by atoms with E-state index >= 15 is 0 Å². The summed E-state index contributed by atoms with van der Waals surface area (Å²) in [5.74, 6) is -0.937. The van der Waals surface area contributed by atoms with Crippen LogP contribution < -0.4 is 0 Å². The molecule has 1 aromatic carbocycles. The third kappa shape index (κ3) is 2.59. The molecular formula is C16H20N2O2. The molecule has 20 heavy (non-hydrogen) atoms. The molecule has 1 heterocycles. The van der Waals surface area contributed by atoms with Crippen LogP contribution in [-0.4, -0.2) is 20.9 Å². The zero-order valence-corrected chi connectivity index (χ0v) is 12.3. The van der Waals surface area contributed by atoms with Gasteiger partial charge in [0.2, 0.25) is 0 Å². The van der Waals surface area contributed by atoms with Crippen molar-refractivity contribution in [2.45, 2.75) is 40.2 Å². The molecule has 0 fully saturated rings. The summed E-state index contributed by atoms with van der Waals surface area (Å²) in [5, 5.41) is 13.8. The average molecular weight is 272 g/mol. The van der Waals surface area contributed by atoms with Crippen molar-refractivity contribution in [1.82, 2.24) is 9.78 Å². The molecule has 0 aliphatic heterocycles. The topological polar surface area (TPSA) is 55.1 Å². The Kier molecular flexibility index (Phi) is 3.93. The smallest absolute Gasteiger partial charge is 0.339 e. The predicted molar refractivity (Wildman–Crippen MR) is 79.1 cm³/mol. The highest BCUT2D eigenvalue weighted by molar-refractivity contribution is 5.94. The first-order valence-electron chi connectivity index (χ1n) is 6.84. The molecule has 106 valence electrons. The van der Waals surface area contributed by atoms with Crippen molar-refractivity contribution in [1.29, 1.82) is 0 Å². The van der Waals surface area contributed by atoms with Crippen LogP contribution in [0.2, 0.25) is 0 Å². The molecule has 0 bridgehead atoms. The van der Waals surface area contributed by atoms with E-state index in [1.165, 1.54) is 5.56 Å². The molecule has 2 rings (SSSR count). The van der Waals surface area contributed by atoms with Gasteiger partial charge in [0.1, 0.15) is 11.3 Å². The number of carbonyl (C=O) groups is 1. The molecule has 0 aliphatic carbocycles. The number of hydrogen-bond donors (Lipinski definition) is 1. The van der Waals surface area contributed by atoms with Crippen molar-refractivity contribution >= 4 is 5.97 Å². The maximum atomic E-state index is 11.4. The number of benzene rings is 1. The molecule has 1 N–H and O–H groups in total. The van der Waals surface area contributed by atoms with Gasteiger partial charge >= 0.3 is 5.97 Å². The number of carboxylic acids is 1. The lowest BCUT2D eigenvalue weighted by atomic mass is 10.0. The molecule has 0 saturated carbocycles. The Morgan fingerprint density at radius 2 is 2.05 bits per heavy atom. The van der Waals surface area contributed by atoms with Crippen molar-refractivity contribution in [3.63, 3.8) is 0 Å². The zero-order valence-electron chi connectivity index (χ0n) is 12.3. The normalized spacial score (nSPS) is 12.4. The van der Waals surface area contributed by atoms with Gasteiger partial charge in [-0.1, -0.05) is 19.1 Å². The van der Waals surface area contributed by atoms with E-state index in [0.717, 1.165) is 17.5 Å². The van der Waals surface area contributed by atoms with Gasteiger partial charge in [-0.15, -0.1) is 0 Å². The summed E-state index contributed by atoms with van der Waals surface area (Å²) in [6.07, 6.45) is 2.54. The van der Waals surface area contributed by atoms with Crippen LogP contribution in [0.5, 0.6) is 0 Å². The van der Waals surface area contributed by atoms with Crippen molar-refractivity contribution in [2.75, 3.05) is 0 Å². The highest BCUT2D eigenvalue weighted by atomic mass is 16.4. The van der Waals surface area contributed by atoms with E-state index < -0.39 is 5.97 Å². The fourth-order valence-electron chi connectivity index (χ4n) is 2.06. The first kappa shape index (κ1) is 14.3. The Morgan fingerprint density at radius 3 is 2.60 bits per heavy atom. The minimum Gasteiger partial charge on any atom is -0.478 e. The molecule has 4 nitrogen and oxygen atoms in total. The second-order valence-electron chi connectivity index (χ2n) is 5.23. The molecule has 1 aromatic heterocycles. The highest BCUT2D eigenvalue weighted by Crippen LogP contribution is 2.26. The van der Waals surface area contributed by atoms with E-state index in [-0.39, 0.29) is 11.6 Å². The summed E-state index contributed by atoms with van der Waals surface area (Å²) in [5.41, 5.74) is 3.98. The van der Waals surface area contributed by atoms with E-state index in [0.29, 0.717) is 5.69 Å². The molecule has 0 amide bonds. The lowest BCUT2D eigenvalue weighted by Crippen LogP contribution is -2.04. The van der Waals surface area contributed by atoms with Gasteiger partial charge in [-0.25, -0.2) is 4.79 Å². The number of hydrogen-bond acceptors (Lipinski definition) is 2. The predicted octanol–water partition coefficient (Wildman–Crippen LogP) is 3.84. The second kappa shape index (κ2) is 5.49. The molecule has 4 heteroatoms. The standard InChI is InChI=1S/C16H20N2O2/c1-5-12(4)18-9-14(16(19)20)15(17-18)13-7-6-10(2)11(3)8-13/h6-9,12H,5H2,1-4H3,(H,19,20). The largest absolute Gasteiger partial charge is 0.478 e. The zero-order chi connectivity index (χ0) is 14.9. The van der Waals surface area contributed by atoms with Crippen molar-refractivity contribution in [3.8, 4) is 11.3 Å². The van der Waals surface area contributed by atoms with Crippen LogP contribution in [0.3, 0.4) is 0 Å². The van der Waals surface area contributed by atoms with Crippen molar-refractivity contribution < 1.29 is 9.90 Å². The second-order valence-corrected chi connectivity index (χ2v) is 5.23. The van der Waals surface area contributed by atoms with E-state index in [9.17, 15) is 9.90 Å². The van der Waals surface area contributed by atoms with Gasteiger partial charge in [0.05, 0.1) is 0 Å². The molecule has 0 aliphatic rings. The molecule has 0 saturated heterocycles. The van der Waals surface area contributed by atoms with Crippen molar-refractivity contribution in [2.24, 2.45) is 0 Å². The van der Waals surface area contributed by atoms with Gasteiger partial charge in [0.15, 0.2) is 0 Å². The SMILES string of the molecule is CCC(C)n1cc(C(=O)O)c(-c2ccc(C)c(C)c2)n1. The number of aryl methyl sites for hydroxylation is 2. The van der Waals surface area contributed by atoms with E-state index in [2.05, 4.69) is 12.0 Å². The summed E-state index contributed by atoms with van der Waals surface area (Å²) in [4.78, 5) is 11.4. The van der Waals surface area contributed by atoms with Crippen LogP contribution in [0.1, 0.15) is 47.8 Å². The van der Waals surface area contributed by atoms with Gasteiger partial charge in [0.25, 0.3) is 0 Å². The summed E-state index contributed by atoms with van der Waals surface area (Å²) < 4.78 is 1.74. The third-order valence-corrected chi connectivity index (χ3v) is 3.79. The maximum Gasteiger partial charge on any atom is 0.339 e. The van der Waals surface area contributed by atoms with Crippen LogP contribution in [0, 0.1) is 13.8 Å². The monoisotopic (exact) mass is 272 g/mol. The molecule has 0 radical (unpaired) electrons. The van der Waals surface area contributed by atoms with E-state index in [4.69, 9.17) is 0 Å². The number of rotatable bonds is 4. The first-order valence-corrected chi connectivity index (χ1v) is 6.84. The van der Waals surface area contributed by atoms with Crippen LogP contribution in [-0.2, 0) is 0 Å². The maximum absolute atomic E-state index is 11.4. The van der Waals surface area contributed by atoms with Crippen LogP contribution in [0.25, 0.3) is 11.3 Å².